The molecule has 160 valence electrons. The van der Waals surface area contributed by atoms with Gasteiger partial charge in [0.05, 0.1) is 34.7 Å². The third-order valence-corrected chi connectivity index (χ3v) is 5.95. The highest BCUT2D eigenvalue weighted by molar-refractivity contribution is 6.08. The van der Waals surface area contributed by atoms with Crippen LogP contribution in [0.5, 0.6) is 0 Å². The van der Waals surface area contributed by atoms with E-state index in [2.05, 4.69) is 11.0 Å². The predicted molar refractivity (Wildman–Crippen MR) is 120 cm³/mol. The summed E-state index contributed by atoms with van der Waals surface area (Å²) < 4.78 is 8.89. The number of nitriles is 1. The lowest BCUT2D eigenvalue weighted by Gasteiger charge is -2.29. The highest BCUT2D eigenvalue weighted by atomic mass is 16.6. The number of benzene rings is 2. The first-order valence-electron chi connectivity index (χ1n) is 10.2. The molecule has 0 saturated carbocycles. The Morgan fingerprint density at radius 3 is 2.38 bits per heavy atom. The van der Waals surface area contributed by atoms with Gasteiger partial charge in [0.25, 0.3) is 11.2 Å². The van der Waals surface area contributed by atoms with Gasteiger partial charge in [-0.25, -0.2) is 0 Å². The topological polar surface area (TPSA) is 106 Å². The van der Waals surface area contributed by atoms with Crippen LogP contribution in [0.2, 0.25) is 0 Å². The molecule has 9 heteroatoms. The normalized spacial score (nSPS) is 14.1. The number of aryl methyl sites for hydroxylation is 1. The maximum atomic E-state index is 13.2. The van der Waals surface area contributed by atoms with Gasteiger partial charge in [0.2, 0.25) is 0 Å². The van der Waals surface area contributed by atoms with Crippen LogP contribution in [-0.4, -0.2) is 40.4 Å². The largest absolute Gasteiger partial charge is 0.378 e. The Labute approximate surface area is 182 Å². The summed E-state index contributed by atoms with van der Waals surface area (Å²) >= 11 is 0. The molecular formula is C23H19N5O4. The van der Waals surface area contributed by atoms with E-state index in [1.165, 1.54) is 28.8 Å². The lowest BCUT2D eigenvalue weighted by molar-refractivity contribution is -0.384. The number of nitro benzene ring substituents is 1. The molecule has 0 atom stereocenters. The van der Waals surface area contributed by atoms with E-state index in [4.69, 9.17) is 4.74 Å². The first-order chi connectivity index (χ1) is 15.5. The number of morpholine rings is 1. The molecule has 0 radical (unpaired) electrons. The van der Waals surface area contributed by atoms with Gasteiger partial charge in [0.15, 0.2) is 0 Å². The molecule has 3 heterocycles. The summed E-state index contributed by atoms with van der Waals surface area (Å²) in [6, 6.07) is 15.5. The zero-order valence-electron chi connectivity index (χ0n) is 17.3. The van der Waals surface area contributed by atoms with Crippen LogP contribution >= 0.6 is 0 Å². The Balaban J connectivity index is 1.83. The van der Waals surface area contributed by atoms with Crippen molar-refractivity contribution < 1.29 is 9.66 Å². The van der Waals surface area contributed by atoms with Crippen LogP contribution in [0.3, 0.4) is 0 Å². The minimum absolute atomic E-state index is 0.00941. The minimum atomic E-state index is -0.486. The number of nitrogens with zero attached hydrogens (tertiary/aromatic N) is 5. The van der Waals surface area contributed by atoms with Crippen molar-refractivity contribution in [3.63, 3.8) is 0 Å². The predicted octanol–water partition coefficient (Wildman–Crippen LogP) is 3.10. The summed E-state index contributed by atoms with van der Waals surface area (Å²) in [6.45, 7) is 2.88. The molecular weight excluding hydrogens is 410 g/mol. The number of ether oxygens (including phenoxy) is 1. The second-order valence-electron chi connectivity index (χ2n) is 7.68. The maximum Gasteiger partial charge on any atom is 0.273 e. The van der Waals surface area contributed by atoms with E-state index in [-0.39, 0.29) is 11.3 Å². The van der Waals surface area contributed by atoms with Gasteiger partial charge in [-0.05, 0) is 36.4 Å². The van der Waals surface area contributed by atoms with Crippen LogP contribution in [0.15, 0.2) is 53.3 Å². The molecule has 0 N–H and O–H groups in total. The summed E-state index contributed by atoms with van der Waals surface area (Å²) in [5, 5.41) is 21.5. The number of non-ortho nitro benzene ring substituents is 1. The van der Waals surface area contributed by atoms with Crippen molar-refractivity contribution >= 4 is 33.3 Å². The van der Waals surface area contributed by atoms with E-state index in [0.29, 0.717) is 24.4 Å². The number of anilines is 1. The van der Waals surface area contributed by atoms with E-state index in [1.807, 2.05) is 29.8 Å². The number of fused-ring (bicyclic) bond motifs is 3. The van der Waals surface area contributed by atoms with Gasteiger partial charge < -0.3 is 14.2 Å². The highest BCUT2D eigenvalue weighted by Gasteiger charge is 2.20. The van der Waals surface area contributed by atoms with Crippen LogP contribution in [0.1, 0.15) is 5.56 Å². The number of pyridine rings is 1. The fraction of sp³-hybridized carbons (Fsp3) is 0.217. The van der Waals surface area contributed by atoms with Crippen LogP contribution in [-0.2, 0) is 11.8 Å². The summed E-state index contributed by atoms with van der Waals surface area (Å²) in [5.74, 6) is 0. The van der Waals surface area contributed by atoms with Gasteiger partial charge in [-0.15, -0.1) is 0 Å². The lowest BCUT2D eigenvalue weighted by atomic mass is 10.1. The van der Waals surface area contributed by atoms with Crippen LogP contribution < -0.4 is 10.5 Å². The van der Waals surface area contributed by atoms with Crippen molar-refractivity contribution in [2.45, 2.75) is 0 Å². The molecule has 0 amide bonds. The first-order valence-corrected chi connectivity index (χ1v) is 10.2. The van der Waals surface area contributed by atoms with Crippen LogP contribution in [0.25, 0.3) is 27.6 Å². The lowest BCUT2D eigenvalue weighted by Crippen LogP contribution is -2.36. The molecule has 0 spiro atoms. The average molecular weight is 429 g/mol. The molecule has 1 aliphatic rings. The number of rotatable bonds is 3. The van der Waals surface area contributed by atoms with Gasteiger partial charge in [-0.1, -0.05) is 0 Å². The Morgan fingerprint density at radius 2 is 1.72 bits per heavy atom. The van der Waals surface area contributed by atoms with Crippen molar-refractivity contribution in [3.05, 3.63) is 74.6 Å². The Bertz CT molecular complexity index is 1470. The summed E-state index contributed by atoms with van der Waals surface area (Å²) in [6.07, 6.45) is 0. The number of nitro groups is 1. The van der Waals surface area contributed by atoms with Crippen molar-refractivity contribution in [2.75, 3.05) is 31.2 Å². The zero-order chi connectivity index (χ0) is 22.4. The average Bonchev–Trinajstić information content (AvgIpc) is 3.10. The molecule has 0 bridgehead atoms. The monoisotopic (exact) mass is 429 g/mol. The van der Waals surface area contributed by atoms with Crippen molar-refractivity contribution in [2.24, 2.45) is 7.05 Å². The SMILES string of the molecule is Cn1c2ccc(N3CCOCC3)cc2c2c1cc(C#N)c(=O)n2-c1ccc([N+](=O)[O-])cc1. The molecule has 1 saturated heterocycles. The molecule has 4 aromatic rings. The Kier molecular flexibility index (Phi) is 4.64. The van der Waals surface area contributed by atoms with Gasteiger partial charge in [-0.3, -0.25) is 19.5 Å². The number of hydrogen-bond donors (Lipinski definition) is 0. The molecule has 0 unspecified atom stereocenters. The van der Waals surface area contributed by atoms with E-state index in [9.17, 15) is 20.2 Å². The summed E-state index contributed by atoms with van der Waals surface area (Å²) in [7, 11) is 1.89. The molecule has 0 aliphatic carbocycles. The van der Waals surface area contributed by atoms with Crippen molar-refractivity contribution in [1.82, 2.24) is 9.13 Å². The van der Waals surface area contributed by atoms with Crippen molar-refractivity contribution in [1.29, 1.82) is 5.26 Å². The molecule has 1 fully saturated rings. The summed E-state index contributed by atoms with van der Waals surface area (Å²) in [5.41, 5.74) is 3.29. The smallest absolute Gasteiger partial charge is 0.273 e. The zero-order valence-corrected chi connectivity index (χ0v) is 17.3. The number of aromatic nitrogens is 2. The molecule has 2 aromatic carbocycles. The fourth-order valence-electron chi connectivity index (χ4n) is 4.32. The van der Waals surface area contributed by atoms with Crippen molar-refractivity contribution in [3.8, 4) is 11.8 Å². The maximum absolute atomic E-state index is 13.2. The van der Waals surface area contributed by atoms with Gasteiger partial charge in [-0.2, -0.15) is 5.26 Å². The second-order valence-corrected chi connectivity index (χ2v) is 7.68. The molecule has 32 heavy (non-hydrogen) atoms. The molecule has 9 nitrogen and oxygen atoms in total. The second kappa shape index (κ2) is 7.51. The minimum Gasteiger partial charge on any atom is -0.378 e. The van der Waals surface area contributed by atoms with Crippen LogP contribution in [0.4, 0.5) is 11.4 Å². The van der Waals surface area contributed by atoms with E-state index in [1.54, 1.807) is 6.07 Å². The highest BCUT2D eigenvalue weighted by Crippen LogP contribution is 2.33. The van der Waals surface area contributed by atoms with Gasteiger partial charge in [0.1, 0.15) is 11.6 Å². The summed E-state index contributed by atoms with van der Waals surface area (Å²) in [4.78, 5) is 26.1. The van der Waals surface area contributed by atoms with Gasteiger partial charge >= 0.3 is 0 Å². The number of hydrogen-bond acceptors (Lipinski definition) is 6. The van der Waals surface area contributed by atoms with E-state index in [0.717, 1.165) is 35.2 Å². The van der Waals surface area contributed by atoms with E-state index >= 15 is 0 Å². The Morgan fingerprint density at radius 1 is 1.03 bits per heavy atom. The Hall–Kier alpha value is -4.16. The molecule has 1 aliphatic heterocycles. The van der Waals surface area contributed by atoms with E-state index < -0.39 is 10.5 Å². The standard InChI is InChI=1S/C23H19N5O4/c1-25-20-7-6-18(26-8-10-32-11-9-26)13-19(20)22-21(25)12-15(14-24)23(29)27(22)16-2-4-17(5-3-16)28(30)31/h2-7,12-13H,8-11H2,1H3. The third-order valence-electron chi connectivity index (χ3n) is 5.95. The van der Waals surface area contributed by atoms with Crippen LogP contribution in [0, 0.1) is 21.4 Å². The van der Waals surface area contributed by atoms with Gasteiger partial charge in [0, 0.05) is 49.0 Å². The molecule has 5 rings (SSSR count). The quantitative estimate of drug-likeness (QED) is 0.366. The first kappa shape index (κ1) is 19.8. The fourth-order valence-corrected chi connectivity index (χ4v) is 4.32. The molecule has 2 aromatic heterocycles. The third kappa shape index (κ3) is 3.01.